The summed E-state index contributed by atoms with van der Waals surface area (Å²) in [5, 5.41) is 0. The first-order valence-corrected chi connectivity index (χ1v) is 15.8. The van der Waals surface area contributed by atoms with Crippen LogP contribution < -0.4 is 0 Å². The van der Waals surface area contributed by atoms with Gasteiger partial charge >= 0.3 is 8.60 Å². The van der Waals surface area contributed by atoms with Crippen molar-refractivity contribution in [3.05, 3.63) is 0 Å². The third-order valence-electron chi connectivity index (χ3n) is 6.28. The Balaban J connectivity index is 3.97. The largest absolute Gasteiger partial charge is 0.330 e. The highest BCUT2D eigenvalue weighted by atomic mass is 31.2. The highest BCUT2D eigenvalue weighted by Crippen LogP contribution is 2.32. The summed E-state index contributed by atoms with van der Waals surface area (Å²) in [6.45, 7) is 10.7. The summed E-state index contributed by atoms with van der Waals surface area (Å²) in [5.41, 5.74) is 0. The lowest BCUT2D eigenvalue weighted by Gasteiger charge is -2.19. The van der Waals surface area contributed by atoms with Crippen LogP contribution in [0.5, 0.6) is 0 Å². The molecule has 34 heavy (non-hydrogen) atoms. The molecule has 0 aromatic rings. The molecule has 1 unspecified atom stereocenters. The highest BCUT2D eigenvalue weighted by molar-refractivity contribution is 7.40. The summed E-state index contributed by atoms with van der Waals surface area (Å²) in [4.78, 5) is 12.4. The van der Waals surface area contributed by atoms with Crippen molar-refractivity contribution >= 4 is 8.60 Å². The maximum absolute atomic E-state index is 9.88. The van der Waals surface area contributed by atoms with Gasteiger partial charge in [0, 0.05) is 0 Å². The van der Waals surface area contributed by atoms with Gasteiger partial charge in [0.05, 0.1) is 13.2 Å². The fourth-order valence-electron chi connectivity index (χ4n) is 4.05. The molecular formula is C29H58NO3P. The fraction of sp³-hybridized carbons (Fsp3) is 0.931. The molecule has 0 saturated carbocycles. The standard InChI is InChI=1S/C29H58NO3P/c1-4-7-10-13-16-19-23-28-32-34(31)33-29-24-22-27-30(25-20-17-14-11-8-5-2)26-21-18-15-12-9-6-3/h31H,4-21,23,25-29H2,1-3H3. The van der Waals surface area contributed by atoms with Crippen LogP contribution in [0.1, 0.15) is 143 Å². The number of nitrogens with zero attached hydrogens (tertiary/aromatic N) is 1. The van der Waals surface area contributed by atoms with E-state index in [1.807, 2.05) is 0 Å². The van der Waals surface area contributed by atoms with Crippen molar-refractivity contribution in [2.45, 2.75) is 143 Å². The second-order valence-corrected chi connectivity index (χ2v) is 10.6. The van der Waals surface area contributed by atoms with Gasteiger partial charge in [0.25, 0.3) is 0 Å². The predicted molar refractivity (Wildman–Crippen MR) is 150 cm³/mol. The maximum Gasteiger partial charge on any atom is 0.330 e. The van der Waals surface area contributed by atoms with Crippen LogP contribution in [-0.4, -0.2) is 42.6 Å². The fourth-order valence-corrected chi connectivity index (χ4v) is 4.58. The average molecular weight is 500 g/mol. The summed E-state index contributed by atoms with van der Waals surface area (Å²) in [6.07, 6.45) is 24.7. The first-order chi connectivity index (χ1) is 16.7. The van der Waals surface area contributed by atoms with Crippen LogP contribution in [0.3, 0.4) is 0 Å². The van der Waals surface area contributed by atoms with Gasteiger partial charge in [-0.15, -0.1) is 0 Å². The number of rotatable bonds is 26. The van der Waals surface area contributed by atoms with Gasteiger partial charge in [-0.2, -0.15) is 0 Å². The summed E-state index contributed by atoms with van der Waals surface area (Å²) >= 11 is 0. The molecule has 4 nitrogen and oxygen atoms in total. The highest BCUT2D eigenvalue weighted by Gasteiger charge is 2.06. The van der Waals surface area contributed by atoms with E-state index in [4.69, 9.17) is 9.05 Å². The zero-order valence-electron chi connectivity index (χ0n) is 23.1. The first kappa shape index (κ1) is 33.8. The second-order valence-electron chi connectivity index (χ2n) is 9.63. The number of unbranched alkanes of at least 4 members (excludes halogenated alkanes) is 16. The molecule has 0 spiro atoms. The van der Waals surface area contributed by atoms with E-state index < -0.39 is 8.60 Å². The van der Waals surface area contributed by atoms with Gasteiger partial charge in [-0.05, 0) is 32.4 Å². The molecule has 1 N–H and O–H groups in total. The predicted octanol–water partition coefficient (Wildman–Crippen LogP) is 9.02. The minimum Gasteiger partial charge on any atom is -0.328 e. The van der Waals surface area contributed by atoms with Gasteiger partial charge in [-0.25, -0.2) is 0 Å². The van der Waals surface area contributed by atoms with E-state index in [1.54, 1.807) is 0 Å². The van der Waals surface area contributed by atoms with Crippen molar-refractivity contribution in [3.8, 4) is 11.8 Å². The SMILES string of the molecule is CCCCCCCCCOP(O)OCC#CCN(CCCCCCCC)CCCCCCCC. The minimum atomic E-state index is -1.79. The molecule has 0 fully saturated rings. The van der Waals surface area contributed by atoms with E-state index in [-0.39, 0.29) is 6.61 Å². The lowest BCUT2D eigenvalue weighted by atomic mass is 10.1. The third kappa shape index (κ3) is 26.4. The molecule has 0 amide bonds. The Hall–Kier alpha value is -0.170. The van der Waals surface area contributed by atoms with Gasteiger partial charge in [-0.3, -0.25) is 9.42 Å². The van der Waals surface area contributed by atoms with Crippen molar-refractivity contribution in [2.24, 2.45) is 0 Å². The number of hydrogen-bond acceptors (Lipinski definition) is 4. The molecule has 0 aliphatic heterocycles. The van der Waals surface area contributed by atoms with Crippen molar-refractivity contribution in [1.29, 1.82) is 0 Å². The van der Waals surface area contributed by atoms with Gasteiger partial charge in [0.1, 0.15) is 6.61 Å². The Kier molecular flexibility index (Phi) is 28.9. The molecule has 0 aliphatic carbocycles. The quantitative estimate of drug-likeness (QED) is 0.0732. The molecule has 5 heteroatoms. The third-order valence-corrected chi connectivity index (χ3v) is 7.03. The van der Waals surface area contributed by atoms with Crippen LogP contribution in [0.4, 0.5) is 0 Å². The lowest BCUT2D eigenvalue weighted by Crippen LogP contribution is -2.26. The van der Waals surface area contributed by atoms with E-state index in [1.165, 1.54) is 116 Å². The molecule has 0 aliphatic rings. The van der Waals surface area contributed by atoms with Crippen LogP contribution in [0.2, 0.25) is 0 Å². The molecule has 0 radical (unpaired) electrons. The Labute approximate surface area is 214 Å². The van der Waals surface area contributed by atoms with E-state index >= 15 is 0 Å². The van der Waals surface area contributed by atoms with Gasteiger partial charge in [0.15, 0.2) is 0 Å². The summed E-state index contributed by atoms with van der Waals surface area (Å²) < 4.78 is 10.8. The molecule has 0 saturated heterocycles. The smallest absolute Gasteiger partial charge is 0.328 e. The van der Waals surface area contributed by atoms with Gasteiger partial charge < -0.3 is 9.42 Å². The van der Waals surface area contributed by atoms with Crippen LogP contribution in [0, 0.1) is 11.8 Å². The van der Waals surface area contributed by atoms with E-state index in [0.717, 1.165) is 26.1 Å². The summed E-state index contributed by atoms with van der Waals surface area (Å²) in [5.74, 6) is 6.33. The molecule has 0 rings (SSSR count). The normalized spacial score (nSPS) is 12.1. The van der Waals surface area contributed by atoms with Gasteiger partial charge in [-0.1, -0.05) is 135 Å². The van der Waals surface area contributed by atoms with Crippen molar-refractivity contribution in [1.82, 2.24) is 4.90 Å². The zero-order chi connectivity index (χ0) is 25.0. The molecule has 0 aromatic heterocycles. The Morgan fingerprint density at radius 3 is 1.50 bits per heavy atom. The number of hydrogen-bond donors (Lipinski definition) is 1. The van der Waals surface area contributed by atoms with Gasteiger partial charge in [0.2, 0.25) is 0 Å². The topological polar surface area (TPSA) is 41.9 Å². The average Bonchev–Trinajstić information content (AvgIpc) is 2.84. The van der Waals surface area contributed by atoms with E-state index in [9.17, 15) is 4.89 Å². The van der Waals surface area contributed by atoms with E-state index in [0.29, 0.717) is 6.61 Å². The maximum atomic E-state index is 9.88. The van der Waals surface area contributed by atoms with Crippen LogP contribution >= 0.6 is 8.60 Å². The second kappa shape index (κ2) is 29.1. The van der Waals surface area contributed by atoms with Crippen LogP contribution in [0.25, 0.3) is 0 Å². The molecule has 1 atom stereocenters. The summed E-state index contributed by atoms with van der Waals surface area (Å²) in [7, 11) is -1.79. The van der Waals surface area contributed by atoms with Crippen LogP contribution in [0.15, 0.2) is 0 Å². The van der Waals surface area contributed by atoms with Crippen LogP contribution in [-0.2, 0) is 9.05 Å². The Bertz CT molecular complexity index is 436. The molecular weight excluding hydrogens is 441 g/mol. The Morgan fingerprint density at radius 1 is 0.559 bits per heavy atom. The Morgan fingerprint density at radius 2 is 1.00 bits per heavy atom. The molecule has 0 bridgehead atoms. The zero-order valence-corrected chi connectivity index (χ0v) is 24.0. The minimum absolute atomic E-state index is 0.251. The monoisotopic (exact) mass is 499 g/mol. The van der Waals surface area contributed by atoms with Crippen molar-refractivity contribution in [3.63, 3.8) is 0 Å². The molecule has 202 valence electrons. The van der Waals surface area contributed by atoms with Crippen molar-refractivity contribution in [2.75, 3.05) is 32.8 Å². The van der Waals surface area contributed by atoms with Crippen molar-refractivity contribution < 1.29 is 13.9 Å². The lowest BCUT2D eigenvalue weighted by molar-refractivity contribution is 0.212. The molecule has 0 aromatic carbocycles. The molecule has 0 heterocycles. The van der Waals surface area contributed by atoms with E-state index in [2.05, 4.69) is 37.5 Å². The summed E-state index contributed by atoms with van der Waals surface area (Å²) in [6, 6.07) is 0. The first-order valence-electron chi connectivity index (χ1n) is 14.7.